The summed E-state index contributed by atoms with van der Waals surface area (Å²) in [5, 5.41) is 0. The fourth-order valence-electron chi connectivity index (χ4n) is 4.75. The Morgan fingerprint density at radius 3 is 2.85 bits per heavy atom. The van der Waals surface area contributed by atoms with Crippen LogP contribution in [0.25, 0.3) is 0 Å². The second-order valence-electron chi connectivity index (χ2n) is 8.72. The topological polar surface area (TPSA) is 50.6 Å². The SMILES string of the molecule is COCCN1CC[C@]2(CN(CC3CC3)C[C@H]2c2cn(C(C)C)cn2)C1=O. The molecule has 1 spiro atoms. The van der Waals surface area contributed by atoms with Crippen molar-refractivity contribution < 1.29 is 9.53 Å². The van der Waals surface area contributed by atoms with Crippen LogP contribution in [-0.4, -0.2) is 71.7 Å². The van der Waals surface area contributed by atoms with Crippen LogP contribution in [0.2, 0.25) is 0 Å². The minimum atomic E-state index is -0.293. The average molecular weight is 361 g/mol. The standard InChI is InChI=1S/C20H32N4O2/c1-15(2)24-12-18(21-14-24)17-11-22(10-16-4-5-16)13-20(17)6-7-23(19(20)25)8-9-26-3/h12,14-17H,4-11,13H2,1-3H3/t17-,20+/m0/s1. The van der Waals surface area contributed by atoms with E-state index < -0.39 is 0 Å². The van der Waals surface area contributed by atoms with Gasteiger partial charge >= 0.3 is 0 Å². The highest BCUT2D eigenvalue weighted by Gasteiger charge is 2.57. The molecule has 3 heterocycles. The summed E-state index contributed by atoms with van der Waals surface area (Å²) in [5.74, 6) is 1.37. The van der Waals surface area contributed by atoms with Crippen LogP contribution in [0.4, 0.5) is 0 Å². The summed E-state index contributed by atoms with van der Waals surface area (Å²) in [4.78, 5) is 22.7. The van der Waals surface area contributed by atoms with Crippen molar-refractivity contribution in [2.45, 2.75) is 45.1 Å². The quantitative estimate of drug-likeness (QED) is 0.748. The molecule has 0 aromatic carbocycles. The summed E-state index contributed by atoms with van der Waals surface area (Å²) in [5.41, 5.74) is 0.803. The molecule has 2 atom stereocenters. The van der Waals surface area contributed by atoms with E-state index in [0.717, 1.165) is 44.2 Å². The molecule has 6 heteroatoms. The summed E-state index contributed by atoms with van der Waals surface area (Å²) in [7, 11) is 1.70. The fourth-order valence-corrected chi connectivity index (χ4v) is 4.75. The van der Waals surface area contributed by atoms with E-state index in [1.54, 1.807) is 7.11 Å². The molecule has 0 N–H and O–H groups in total. The Morgan fingerprint density at radius 1 is 1.38 bits per heavy atom. The van der Waals surface area contributed by atoms with Gasteiger partial charge in [-0.05, 0) is 39.0 Å². The molecule has 2 aliphatic heterocycles. The number of ether oxygens (including phenoxy) is 1. The van der Waals surface area contributed by atoms with Crippen LogP contribution in [0.1, 0.15) is 50.8 Å². The van der Waals surface area contributed by atoms with E-state index in [1.165, 1.54) is 12.8 Å². The van der Waals surface area contributed by atoms with Crippen molar-refractivity contribution >= 4 is 5.91 Å². The number of imidazole rings is 1. The molecule has 26 heavy (non-hydrogen) atoms. The van der Waals surface area contributed by atoms with Crippen LogP contribution in [0.15, 0.2) is 12.5 Å². The molecule has 2 saturated heterocycles. The molecule has 3 aliphatic rings. The van der Waals surface area contributed by atoms with Gasteiger partial charge in [-0.2, -0.15) is 0 Å². The first kappa shape index (κ1) is 18.0. The number of hydrogen-bond donors (Lipinski definition) is 0. The Labute approximate surface area is 156 Å². The number of aromatic nitrogens is 2. The number of methoxy groups -OCH3 is 1. The zero-order valence-electron chi connectivity index (χ0n) is 16.4. The van der Waals surface area contributed by atoms with Gasteiger partial charge in [-0.3, -0.25) is 4.79 Å². The molecule has 3 fully saturated rings. The highest BCUT2D eigenvalue weighted by atomic mass is 16.5. The fraction of sp³-hybridized carbons (Fsp3) is 0.800. The molecular formula is C20H32N4O2. The molecular weight excluding hydrogens is 328 g/mol. The van der Waals surface area contributed by atoms with Crippen LogP contribution in [-0.2, 0) is 9.53 Å². The lowest BCUT2D eigenvalue weighted by atomic mass is 9.75. The Bertz CT molecular complexity index is 654. The van der Waals surface area contributed by atoms with Crippen molar-refractivity contribution in [1.82, 2.24) is 19.4 Å². The first-order valence-electron chi connectivity index (χ1n) is 10.1. The molecule has 0 bridgehead atoms. The Kier molecular flexibility index (Phi) is 4.82. The van der Waals surface area contributed by atoms with E-state index in [1.807, 2.05) is 11.2 Å². The lowest BCUT2D eigenvalue weighted by Crippen LogP contribution is -2.40. The minimum absolute atomic E-state index is 0.210. The van der Waals surface area contributed by atoms with Gasteiger partial charge in [0, 0.05) is 58.0 Å². The Balaban J connectivity index is 1.59. The normalized spacial score (nSPS) is 29.6. The van der Waals surface area contributed by atoms with Gasteiger partial charge in [0.15, 0.2) is 0 Å². The monoisotopic (exact) mass is 360 g/mol. The molecule has 1 aromatic heterocycles. The predicted molar refractivity (Wildman–Crippen MR) is 100 cm³/mol. The van der Waals surface area contributed by atoms with Crippen LogP contribution < -0.4 is 0 Å². The predicted octanol–water partition coefficient (Wildman–Crippen LogP) is 2.14. The van der Waals surface area contributed by atoms with Crippen molar-refractivity contribution in [3.63, 3.8) is 0 Å². The number of rotatable bonds is 7. The third-order valence-corrected chi connectivity index (χ3v) is 6.51. The van der Waals surface area contributed by atoms with Crippen molar-refractivity contribution in [3.05, 3.63) is 18.2 Å². The van der Waals surface area contributed by atoms with Crippen LogP contribution in [0.3, 0.4) is 0 Å². The Hall–Kier alpha value is -1.40. The molecule has 0 unspecified atom stereocenters. The van der Waals surface area contributed by atoms with E-state index >= 15 is 0 Å². The Morgan fingerprint density at radius 2 is 2.19 bits per heavy atom. The summed E-state index contributed by atoms with van der Waals surface area (Å²) in [6.07, 6.45) is 7.74. The first-order valence-corrected chi connectivity index (χ1v) is 10.1. The smallest absolute Gasteiger partial charge is 0.230 e. The van der Waals surface area contributed by atoms with E-state index in [2.05, 4.69) is 29.5 Å². The average Bonchev–Trinajstić information content (AvgIpc) is 3.05. The largest absolute Gasteiger partial charge is 0.383 e. The summed E-state index contributed by atoms with van der Waals surface area (Å²) >= 11 is 0. The minimum Gasteiger partial charge on any atom is -0.383 e. The third-order valence-electron chi connectivity index (χ3n) is 6.51. The second-order valence-corrected chi connectivity index (χ2v) is 8.72. The number of nitrogens with zero attached hydrogens (tertiary/aromatic N) is 4. The van der Waals surface area contributed by atoms with Crippen molar-refractivity contribution in [2.75, 3.05) is 46.4 Å². The lowest BCUT2D eigenvalue weighted by Gasteiger charge is -2.28. The first-order chi connectivity index (χ1) is 12.5. The second kappa shape index (κ2) is 6.97. The van der Waals surface area contributed by atoms with Gasteiger partial charge in [0.1, 0.15) is 0 Å². The van der Waals surface area contributed by atoms with E-state index in [0.29, 0.717) is 25.1 Å². The van der Waals surface area contributed by atoms with Gasteiger partial charge in [0.05, 0.1) is 24.0 Å². The molecule has 1 amide bonds. The van der Waals surface area contributed by atoms with Gasteiger partial charge in [-0.15, -0.1) is 0 Å². The highest BCUT2D eigenvalue weighted by Crippen LogP contribution is 2.50. The van der Waals surface area contributed by atoms with Gasteiger partial charge < -0.3 is 19.1 Å². The van der Waals surface area contributed by atoms with Gasteiger partial charge in [-0.25, -0.2) is 4.98 Å². The summed E-state index contributed by atoms with van der Waals surface area (Å²) in [6, 6.07) is 0.397. The number of carbonyl (C=O) groups excluding carboxylic acids is 1. The number of amides is 1. The van der Waals surface area contributed by atoms with E-state index in [4.69, 9.17) is 9.72 Å². The molecule has 1 aliphatic carbocycles. The summed E-state index contributed by atoms with van der Waals surface area (Å²) < 4.78 is 7.37. The molecule has 1 aromatic rings. The molecule has 1 saturated carbocycles. The maximum Gasteiger partial charge on any atom is 0.230 e. The van der Waals surface area contributed by atoms with E-state index in [9.17, 15) is 4.79 Å². The van der Waals surface area contributed by atoms with Gasteiger partial charge in [0.2, 0.25) is 5.91 Å². The number of hydrogen-bond acceptors (Lipinski definition) is 4. The maximum absolute atomic E-state index is 13.4. The summed E-state index contributed by atoms with van der Waals surface area (Å²) in [6.45, 7) is 9.51. The van der Waals surface area contributed by atoms with Gasteiger partial charge in [0.25, 0.3) is 0 Å². The molecule has 4 rings (SSSR count). The van der Waals surface area contributed by atoms with Crippen LogP contribution in [0, 0.1) is 11.3 Å². The zero-order valence-corrected chi connectivity index (χ0v) is 16.4. The number of carbonyl (C=O) groups is 1. The lowest BCUT2D eigenvalue weighted by molar-refractivity contribution is -0.136. The van der Waals surface area contributed by atoms with Crippen molar-refractivity contribution in [1.29, 1.82) is 0 Å². The van der Waals surface area contributed by atoms with Crippen molar-refractivity contribution in [3.8, 4) is 0 Å². The maximum atomic E-state index is 13.4. The van der Waals surface area contributed by atoms with Gasteiger partial charge in [-0.1, -0.05) is 0 Å². The number of likely N-dealkylation sites (tertiary alicyclic amines) is 2. The highest BCUT2D eigenvalue weighted by molar-refractivity contribution is 5.86. The van der Waals surface area contributed by atoms with Crippen LogP contribution in [0.5, 0.6) is 0 Å². The zero-order chi connectivity index (χ0) is 18.3. The molecule has 0 radical (unpaired) electrons. The third kappa shape index (κ3) is 3.18. The van der Waals surface area contributed by atoms with Crippen molar-refractivity contribution in [2.24, 2.45) is 11.3 Å². The molecule has 144 valence electrons. The van der Waals surface area contributed by atoms with E-state index in [-0.39, 0.29) is 11.3 Å². The molecule has 6 nitrogen and oxygen atoms in total. The van der Waals surface area contributed by atoms with Crippen LogP contribution >= 0.6 is 0 Å².